The number of nitrogens with zero attached hydrogens (tertiary/aromatic N) is 2. The Morgan fingerprint density at radius 3 is 2.49 bits per heavy atom. The van der Waals surface area contributed by atoms with Gasteiger partial charge in [-0.2, -0.15) is 0 Å². The van der Waals surface area contributed by atoms with Gasteiger partial charge in [-0.3, -0.25) is 4.79 Å². The molecule has 2 N–H and O–H groups in total. The second kappa shape index (κ2) is 10.8. The van der Waals surface area contributed by atoms with Gasteiger partial charge < -0.3 is 15.4 Å². The Labute approximate surface area is 209 Å². The molecule has 0 radical (unpaired) electrons. The molecule has 3 aromatic carbocycles. The Bertz CT molecular complexity index is 1360. The van der Waals surface area contributed by atoms with Crippen molar-refractivity contribution in [2.75, 3.05) is 17.7 Å². The Kier molecular flexibility index (Phi) is 7.43. The third-order valence-electron chi connectivity index (χ3n) is 5.41. The van der Waals surface area contributed by atoms with Crippen LogP contribution in [0.2, 0.25) is 5.02 Å². The van der Waals surface area contributed by atoms with Crippen LogP contribution in [0.25, 0.3) is 11.4 Å². The molecule has 1 aromatic heterocycles. The average molecular weight is 485 g/mol. The van der Waals surface area contributed by atoms with E-state index < -0.39 is 0 Å². The largest absolute Gasteiger partial charge is 0.495 e. The maximum atomic E-state index is 12.8. The molecular formula is C28H25ClN4O2. The summed E-state index contributed by atoms with van der Waals surface area (Å²) in [6.45, 7) is 5.83. The number of benzene rings is 3. The number of halogens is 1. The highest BCUT2D eigenvalue weighted by atomic mass is 35.5. The molecule has 0 aliphatic carbocycles. The summed E-state index contributed by atoms with van der Waals surface area (Å²) in [6.07, 6.45) is 2.46. The summed E-state index contributed by atoms with van der Waals surface area (Å²) in [4.78, 5) is 22.3. The second-order valence-corrected chi connectivity index (χ2v) is 8.26. The van der Waals surface area contributed by atoms with Crippen LogP contribution in [0.5, 0.6) is 5.75 Å². The number of nitrogens with one attached hydrogen (secondary N) is 2. The van der Waals surface area contributed by atoms with Crippen molar-refractivity contribution in [3.8, 4) is 17.1 Å². The van der Waals surface area contributed by atoms with Crippen molar-refractivity contribution in [3.05, 3.63) is 107 Å². The van der Waals surface area contributed by atoms with E-state index in [4.69, 9.17) is 26.3 Å². The van der Waals surface area contributed by atoms with Crippen LogP contribution in [-0.2, 0) is 6.42 Å². The van der Waals surface area contributed by atoms with Crippen LogP contribution in [0.1, 0.15) is 21.6 Å². The number of carbonyl (C=O) groups excluding carboxylic acids is 1. The van der Waals surface area contributed by atoms with Gasteiger partial charge in [-0.1, -0.05) is 48.0 Å². The smallest absolute Gasteiger partial charge is 0.255 e. The van der Waals surface area contributed by atoms with Gasteiger partial charge in [0, 0.05) is 33.1 Å². The van der Waals surface area contributed by atoms with Crippen molar-refractivity contribution >= 4 is 34.7 Å². The normalized spacial score (nSPS) is 10.5. The first-order valence-electron chi connectivity index (χ1n) is 11.0. The zero-order valence-corrected chi connectivity index (χ0v) is 20.3. The fourth-order valence-corrected chi connectivity index (χ4v) is 3.79. The number of ether oxygens (including phenoxy) is 1. The lowest BCUT2D eigenvalue weighted by molar-refractivity contribution is 0.102. The fraction of sp³-hybridized carbons (Fsp3) is 0.107. The molecule has 0 aliphatic heterocycles. The van der Waals surface area contributed by atoms with Gasteiger partial charge in [-0.05, 0) is 55.8 Å². The second-order valence-electron chi connectivity index (χ2n) is 7.82. The number of hydrogen-bond acceptors (Lipinski definition) is 5. The van der Waals surface area contributed by atoms with Gasteiger partial charge in [0.2, 0.25) is 0 Å². The van der Waals surface area contributed by atoms with Gasteiger partial charge in [-0.15, -0.1) is 6.58 Å². The maximum Gasteiger partial charge on any atom is 0.255 e. The molecule has 0 spiro atoms. The van der Waals surface area contributed by atoms with Crippen LogP contribution in [0.4, 0.5) is 17.2 Å². The summed E-state index contributed by atoms with van der Waals surface area (Å²) in [5.74, 6) is 1.61. The molecule has 0 atom stereocenters. The average Bonchev–Trinajstić information content (AvgIpc) is 2.87. The lowest BCUT2D eigenvalue weighted by Gasteiger charge is -2.15. The first-order valence-corrected chi connectivity index (χ1v) is 11.4. The summed E-state index contributed by atoms with van der Waals surface area (Å²) >= 11 is 6.07. The predicted molar refractivity (Wildman–Crippen MR) is 142 cm³/mol. The molecule has 4 aromatic rings. The zero-order valence-electron chi connectivity index (χ0n) is 19.5. The predicted octanol–water partition coefficient (Wildman–Crippen LogP) is 6.84. The Hall–Kier alpha value is -4.16. The summed E-state index contributed by atoms with van der Waals surface area (Å²) in [7, 11) is 1.54. The van der Waals surface area contributed by atoms with Crippen molar-refractivity contribution in [1.82, 2.24) is 9.97 Å². The molecule has 176 valence electrons. The molecule has 4 rings (SSSR count). The van der Waals surface area contributed by atoms with E-state index in [9.17, 15) is 4.79 Å². The Balaban J connectivity index is 1.57. The van der Waals surface area contributed by atoms with E-state index in [-0.39, 0.29) is 5.91 Å². The topological polar surface area (TPSA) is 76.1 Å². The molecule has 0 unspecified atom stereocenters. The van der Waals surface area contributed by atoms with E-state index in [1.54, 1.807) is 30.3 Å². The molecular weight excluding hydrogens is 460 g/mol. The highest BCUT2D eigenvalue weighted by Gasteiger charge is 2.14. The molecule has 6 nitrogen and oxygen atoms in total. The van der Waals surface area contributed by atoms with Crippen LogP contribution in [0.3, 0.4) is 0 Å². The minimum atomic E-state index is -0.270. The number of rotatable bonds is 8. The number of carbonyl (C=O) groups is 1. The van der Waals surface area contributed by atoms with Crippen molar-refractivity contribution in [2.24, 2.45) is 0 Å². The van der Waals surface area contributed by atoms with Crippen LogP contribution < -0.4 is 15.4 Å². The summed E-state index contributed by atoms with van der Waals surface area (Å²) in [5.41, 5.74) is 4.58. The lowest BCUT2D eigenvalue weighted by Crippen LogP contribution is -2.12. The monoisotopic (exact) mass is 484 g/mol. The van der Waals surface area contributed by atoms with Crippen LogP contribution in [-0.4, -0.2) is 23.0 Å². The van der Waals surface area contributed by atoms with Gasteiger partial charge in [0.15, 0.2) is 5.82 Å². The third kappa shape index (κ3) is 5.67. The van der Waals surface area contributed by atoms with Crippen LogP contribution in [0, 0.1) is 6.92 Å². The SMILES string of the molecule is C=CCc1c(C)nc(-c2ccccc2)nc1Nc1ccc(C(=O)Nc2cc(Cl)ccc2OC)cc1. The number of anilines is 3. The number of allylic oxidation sites excluding steroid dienone is 1. The van der Waals surface area contributed by atoms with Crippen molar-refractivity contribution in [1.29, 1.82) is 0 Å². The quantitative estimate of drug-likeness (QED) is 0.268. The molecule has 35 heavy (non-hydrogen) atoms. The highest BCUT2D eigenvalue weighted by molar-refractivity contribution is 6.31. The number of aryl methyl sites for hydroxylation is 1. The molecule has 1 amide bonds. The van der Waals surface area contributed by atoms with Gasteiger partial charge in [-0.25, -0.2) is 9.97 Å². The van der Waals surface area contributed by atoms with Crippen LogP contribution in [0.15, 0.2) is 85.5 Å². The molecule has 0 saturated heterocycles. The van der Waals surface area contributed by atoms with Crippen molar-refractivity contribution < 1.29 is 9.53 Å². The Morgan fingerprint density at radius 1 is 1.06 bits per heavy atom. The highest BCUT2D eigenvalue weighted by Crippen LogP contribution is 2.29. The Morgan fingerprint density at radius 2 is 1.80 bits per heavy atom. The van der Waals surface area contributed by atoms with Gasteiger partial charge in [0.25, 0.3) is 5.91 Å². The third-order valence-corrected chi connectivity index (χ3v) is 5.65. The number of hydrogen-bond donors (Lipinski definition) is 2. The van der Waals surface area contributed by atoms with E-state index in [0.29, 0.717) is 40.1 Å². The number of amides is 1. The summed E-state index contributed by atoms with van der Waals surface area (Å²) in [5, 5.41) is 6.73. The standard InChI is InChI=1S/C28H25ClN4O2/c1-4-8-23-18(2)30-26(19-9-6-5-7-10-19)33-27(23)31-22-14-11-20(12-15-22)28(34)32-24-17-21(29)13-16-25(24)35-3/h4-7,9-17H,1,8H2,2-3H3,(H,32,34)(H,30,31,33). The summed E-state index contributed by atoms with van der Waals surface area (Å²) < 4.78 is 5.30. The minimum Gasteiger partial charge on any atom is -0.495 e. The fourth-order valence-electron chi connectivity index (χ4n) is 3.62. The molecule has 0 fully saturated rings. The zero-order chi connectivity index (χ0) is 24.8. The molecule has 1 heterocycles. The van der Waals surface area contributed by atoms with E-state index >= 15 is 0 Å². The maximum absolute atomic E-state index is 12.8. The molecule has 7 heteroatoms. The van der Waals surface area contributed by atoms with Crippen LogP contribution >= 0.6 is 11.6 Å². The van der Waals surface area contributed by atoms with Crippen molar-refractivity contribution in [3.63, 3.8) is 0 Å². The van der Waals surface area contributed by atoms with Gasteiger partial charge in [0.1, 0.15) is 11.6 Å². The number of aromatic nitrogens is 2. The van der Waals surface area contributed by atoms with E-state index in [2.05, 4.69) is 17.2 Å². The van der Waals surface area contributed by atoms with Crippen molar-refractivity contribution in [2.45, 2.75) is 13.3 Å². The molecule has 0 saturated carbocycles. The first kappa shape index (κ1) is 24.0. The van der Waals surface area contributed by atoms with E-state index in [1.165, 1.54) is 7.11 Å². The minimum absolute atomic E-state index is 0.270. The van der Waals surface area contributed by atoms with E-state index in [1.807, 2.05) is 55.5 Å². The van der Waals surface area contributed by atoms with Gasteiger partial charge >= 0.3 is 0 Å². The molecule has 0 aliphatic rings. The molecule has 0 bridgehead atoms. The summed E-state index contributed by atoms with van der Waals surface area (Å²) in [6, 6.07) is 22.1. The number of methoxy groups -OCH3 is 1. The van der Waals surface area contributed by atoms with Gasteiger partial charge in [0.05, 0.1) is 12.8 Å². The van der Waals surface area contributed by atoms with E-state index in [0.717, 1.165) is 22.5 Å². The lowest BCUT2D eigenvalue weighted by atomic mass is 10.1. The first-order chi connectivity index (χ1) is 17.0.